The lowest BCUT2D eigenvalue weighted by Gasteiger charge is -2.06. The Morgan fingerprint density at radius 3 is 2.68 bits per heavy atom. The first-order chi connectivity index (χ1) is 13.7. The summed E-state index contributed by atoms with van der Waals surface area (Å²) < 4.78 is 11.4. The fourth-order valence-corrected chi connectivity index (χ4v) is 2.93. The third kappa shape index (κ3) is 5.60. The van der Waals surface area contributed by atoms with Crippen molar-refractivity contribution in [2.24, 2.45) is 0 Å². The fourth-order valence-electron chi connectivity index (χ4n) is 2.93. The van der Waals surface area contributed by atoms with Gasteiger partial charge in [-0.25, -0.2) is 0 Å². The van der Waals surface area contributed by atoms with E-state index < -0.39 is 0 Å². The van der Waals surface area contributed by atoms with E-state index in [-0.39, 0.29) is 5.91 Å². The summed E-state index contributed by atoms with van der Waals surface area (Å²) in [6.45, 7) is 6.24. The number of H-pyrrole nitrogens is 1. The number of unbranched alkanes of at least 4 members (excludes halogenated alkanes) is 1. The average molecular weight is 380 g/mol. The van der Waals surface area contributed by atoms with Gasteiger partial charge in [-0.15, -0.1) is 0 Å². The Morgan fingerprint density at radius 2 is 1.86 bits per heavy atom. The maximum atomic E-state index is 12.3. The molecule has 2 N–H and O–H groups in total. The zero-order chi connectivity index (χ0) is 19.8. The van der Waals surface area contributed by atoms with E-state index in [2.05, 4.69) is 17.2 Å². The van der Waals surface area contributed by atoms with Gasteiger partial charge in [-0.05, 0) is 61.7 Å². The highest BCUT2D eigenvalue weighted by Crippen LogP contribution is 2.26. The van der Waals surface area contributed by atoms with Crippen molar-refractivity contribution in [3.63, 3.8) is 0 Å². The van der Waals surface area contributed by atoms with E-state index >= 15 is 0 Å². The Bertz CT molecular complexity index is 917. The van der Waals surface area contributed by atoms with E-state index in [9.17, 15) is 4.79 Å². The highest BCUT2D eigenvalue weighted by molar-refractivity contribution is 5.98. The number of hydrogen-bond acceptors (Lipinski definition) is 3. The van der Waals surface area contributed by atoms with Crippen LogP contribution in [0.4, 0.5) is 0 Å². The Kier molecular flexibility index (Phi) is 7.09. The molecule has 0 aliphatic rings. The summed E-state index contributed by atoms with van der Waals surface area (Å²) in [7, 11) is 0. The summed E-state index contributed by atoms with van der Waals surface area (Å²) in [6.07, 6.45) is 3.02. The summed E-state index contributed by atoms with van der Waals surface area (Å²) in [4.78, 5) is 15.5. The molecule has 5 heteroatoms. The third-order valence-corrected chi connectivity index (χ3v) is 4.46. The number of carbonyl (C=O) groups excluding carboxylic acids is 1. The van der Waals surface area contributed by atoms with E-state index in [1.165, 1.54) is 0 Å². The van der Waals surface area contributed by atoms with Crippen LogP contribution in [0.3, 0.4) is 0 Å². The van der Waals surface area contributed by atoms with Crippen molar-refractivity contribution >= 4 is 16.8 Å². The molecule has 3 aromatic rings. The summed E-state index contributed by atoms with van der Waals surface area (Å²) in [5.74, 6) is 1.44. The molecule has 2 aromatic carbocycles. The number of aryl methyl sites for hydroxylation is 1. The van der Waals surface area contributed by atoms with Crippen LogP contribution in [-0.4, -0.2) is 30.6 Å². The van der Waals surface area contributed by atoms with Crippen LogP contribution in [0.5, 0.6) is 11.5 Å². The molecule has 0 radical (unpaired) electrons. The smallest absolute Gasteiger partial charge is 0.267 e. The maximum Gasteiger partial charge on any atom is 0.267 e. The molecule has 0 unspecified atom stereocenters. The van der Waals surface area contributed by atoms with Gasteiger partial charge < -0.3 is 19.8 Å². The first kappa shape index (κ1) is 20.0. The van der Waals surface area contributed by atoms with Crippen molar-refractivity contribution in [3.05, 3.63) is 59.8 Å². The van der Waals surface area contributed by atoms with E-state index in [1.807, 2.05) is 55.5 Å². The minimum Gasteiger partial charge on any atom is -0.457 e. The van der Waals surface area contributed by atoms with Gasteiger partial charge in [0.25, 0.3) is 5.91 Å². The van der Waals surface area contributed by atoms with Crippen molar-refractivity contribution in [1.29, 1.82) is 0 Å². The van der Waals surface area contributed by atoms with Crippen molar-refractivity contribution in [2.45, 2.75) is 33.1 Å². The number of carbonyl (C=O) groups is 1. The van der Waals surface area contributed by atoms with E-state index in [4.69, 9.17) is 9.47 Å². The van der Waals surface area contributed by atoms with E-state index in [0.29, 0.717) is 18.8 Å². The van der Waals surface area contributed by atoms with Crippen LogP contribution in [-0.2, 0) is 4.74 Å². The normalized spacial score (nSPS) is 10.9. The van der Waals surface area contributed by atoms with Gasteiger partial charge in [-0.3, -0.25) is 4.79 Å². The lowest BCUT2D eigenvalue weighted by atomic mass is 10.2. The second-order valence-electron chi connectivity index (χ2n) is 6.93. The number of aromatic amines is 1. The second-order valence-corrected chi connectivity index (χ2v) is 6.93. The van der Waals surface area contributed by atoms with Gasteiger partial charge in [-0.2, -0.15) is 0 Å². The zero-order valence-corrected chi connectivity index (χ0v) is 16.6. The maximum absolute atomic E-state index is 12.3. The molecule has 3 rings (SSSR count). The number of aromatic nitrogens is 1. The summed E-state index contributed by atoms with van der Waals surface area (Å²) >= 11 is 0. The predicted molar refractivity (Wildman–Crippen MR) is 112 cm³/mol. The molecule has 5 nitrogen and oxygen atoms in total. The summed E-state index contributed by atoms with van der Waals surface area (Å²) in [5, 5.41) is 3.87. The SMILES string of the molecule is CCCCOCCCNC(=O)c1cc2cc(Oc3cccc(C)c3)ccc2[nH]1. The minimum absolute atomic E-state index is 0.106. The van der Waals surface area contributed by atoms with Crippen molar-refractivity contribution in [1.82, 2.24) is 10.3 Å². The summed E-state index contributed by atoms with van der Waals surface area (Å²) in [5.41, 5.74) is 2.61. The molecule has 0 bridgehead atoms. The molecule has 0 atom stereocenters. The highest BCUT2D eigenvalue weighted by Gasteiger charge is 2.10. The van der Waals surface area contributed by atoms with Gasteiger partial charge >= 0.3 is 0 Å². The van der Waals surface area contributed by atoms with Crippen molar-refractivity contribution < 1.29 is 14.3 Å². The van der Waals surface area contributed by atoms with Gasteiger partial charge in [-0.1, -0.05) is 25.5 Å². The topological polar surface area (TPSA) is 63.4 Å². The monoisotopic (exact) mass is 380 g/mol. The number of ether oxygens (including phenoxy) is 2. The molecule has 1 amide bonds. The quantitative estimate of drug-likeness (QED) is 0.475. The third-order valence-electron chi connectivity index (χ3n) is 4.46. The molecule has 0 aliphatic carbocycles. The van der Waals surface area contributed by atoms with E-state index in [1.54, 1.807) is 0 Å². The fraction of sp³-hybridized carbons (Fsp3) is 0.348. The largest absolute Gasteiger partial charge is 0.457 e. The number of nitrogens with one attached hydrogen (secondary N) is 2. The molecule has 1 heterocycles. The lowest BCUT2D eigenvalue weighted by Crippen LogP contribution is -2.25. The van der Waals surface area contributed by atoms with Gasteiger partial charge in [0, 0.05) is 30.7 Å². The van der Waals surface area contributed by atoms with Gasteiger partial charge in [0.05, 0.1) is 0 Å². The Hall–Kier alpha value is -2.79. The number of fused-ring (bicyclic) bond motifs is 1. The molecule has 0 spiro atoms. The minimum atomic E-state index is -0.106. The average Bonchev–Trinajstić information content (AvgIpc) is 3.11. The standard InChI is InChI=1S/C23H28N2O3/c1-3-4-12-27-13-6-11-24-23(26)22-16-18-15-20(9-10-21(18)25-22)28-19-8-5-7-17(2)14-19/h5,7-10,14-16,25H,3-4,6,11-13H2,1-2H3,(H,24,26). The second kappa shape index (κ2) is 9.95. The molecule has 1 aromatic heterocycles. The molecule has 0 saturated heterocycles. The van der Waals surface area contributed by atoms with Gasteiger partial charge in [0.15, 0.2) is 0 Å². The molecule has 148 valence electrons. The van der Waals surface area contributed by atoms with Gasteiger partial charge in [0.2, 0.25) is 0 Å². The first-order valence-corrected chi connectivity index (χ1v) is 9.89. The molecular weight excluding hydrogens is 352 g/mol. The van der Waals surface area contributed by atoms with Crippen LogP contribution >= 0.6 is 0 Å². The molecule has 0 fully saturated rings. The van der Waals surface area contributed by atoms with Crippen LogP contribution in [0.25, 0.3) is 10.9 Å². The van der Waals surface area contributed by atoms with Crippen LogP contribution in [0.2, 0.25) is 0 Å². The summed E-state index contributed by atoms with van der Waals surface area (Å²) in [6, 6.07) is 15.5. The van der Waals surface area contributed by atoms with Crippen LogP contribution in [0, 0.1) is 6.92 Å². The molecule has 0 aliphatic heterocycles. The van der Waals surface area contributed by atoms with Crippen LogP contribution in [0.15, 0.2) is 48.5 Å². The first-order valence-electron chi connectivity index (χ1n) is 9.89. The highest BCUT2D eigenvalue weighted by atomic mass is 16.5. The van der Waals surface area contributed by atoms with Crippen LogP contribution < -0.4 is 10.1 Å². The molecule has 0 saturated carbocycles. The van der Waals surface area contributed by atoms with Crippen LogP contribution in [0.1, 0.15) is 42.2 Å². The Labute approximate surface area is 166 Å². The van der Waals surface area contributed by atoms with Crippen molar-refractivity contribution in [3.8, 4) is 11.5 Å². The predicted octanol–water partition coefficient (Wildman–Crippen LogP) is 5.21. The number of rotatable bonds is 10. The Balaban J connectivity index is 1.55. The molecule has 28 heavy (non-hydrogen) atoms. The van der Waals surface area contributed by atoms with Crippen molar-refractivity contribution in [2.75, 3.05) is 19.8 Å². The number of benzene rings is 2. The zero-order valence-electron chi connectivity index (χ0n) is 16.6. The van der Waals surface area contributed by atoms with E-state index in [0.717, 1.165) is 53.8 Å². The number of hydrogen-bond donors (Lipinski definition) is 2. The lowest BCUT2D eigenvalue weighted by molar-refractivity contribution is 0.0936. The Morgan fingerprint density at radius 1 is 1.04 bits per heavy atom. The molecular formula is C23H28N2O3. The van der Waals surface area contributed by atoms with Gasteiger partial charge in [0.1, 0.15) is 17.2 Å². The number of amides is 1.